The molecule has 0 bridgehead atoms. The van der Waals surface area contributed by atoms with E-state index in [-0.39, 0.29) is 22.6 Å². The molecule has 118 valence electrons. The molecule has 2 aliphatic heterocycles. The van der Waals surface area contributed by atoms with E-state index in [9.17, 15) is 9.59 Å². The van der Waals surface area contributed by atoms with Crippen LogP contribution >= 0.6 is 23.4 Å². The summed E-state index contributed by atoms with van der Waals surface area (Å²) in [5.74, 6) is 0.677. The number of halogens is 1. The van der Waals surface area contributed by atoms with Gasteiger partial charge in [0, 0.05) is 18.8 Å². The first-order chi connectivity index (χ1) is 10.6. The molecular weight excluding hydrogens is 320 g/mol. The largest absolute Gasteiger partial charge is 0.341 e. The zero-order valence-corrected chi connectivity index (χ0v) is 14.1. The molecule has 0 atom stereocenters. The van der Waals surface area contributed by atoms with Crippen molar-refractivity contribution in [2.24, 2.45) is 0 Å². The van der Waals surface area contributed by atoms with Gasteiger partial charge in [0.15, 0.2) is 0 Å². The third-order valence-electron chi connectivity index (χ3n) is 4.43. The molecule has 0 unspecified atom stereocenters. The molecule has 0 aromatic heterocycles. The summed E-state index contributed by atoms with van der Waals surface area (Å²) in [7, 11) is 0. The average Bonchev–Trinajstić information content (AvgIpc) is 2.85. The lowest BCUT2D eigenvalue weighted by atomic mass is 10.0. The number of anilines is 1. The Morgan fingerprint density at radius 1 is 1.27 bits per heavy atom. The van der Waals surface area contributed by atoms with Gasteiger partial charge in [-0.25, -0.2) is 0 Å². The van der Waals surface area contributed by atoms with E-state index in [0.717, 1.165) is 18.5 Å². The van der Waals surface area contributed by atoms with Crippen molar-refractivity contribution in [3.8, 4) is 0 Å². The summed E-state index contributed by atoms with van der Waals surface area (Å²) in [6, 6.07) is 8.09. The van der Waals surface area contributed by atoms with Crippen molar-refractivity contribution in [1.82, 2.24) is 4.90 Å². The number of thioether (sulfide) groups is 1. The van der Waals surface area contributed by atoms with E-state index >= 15 is 0 Å². The first kappa shape index (κ1) is 15.7. The zero-order chi connectivity index (χ0) is 15.7. The molecule has 2 saturated heterocycles. The highest BCUT2D eigenvalue weighted by Gasteiger charge is 2.48. The van der Waals surface area contributed by atoms with E-state index in [4.69, 9.17) is 11.6 Å². The average molecular weight is 339 g/mol. The molecule has 0 saturated carbocycles. The van der Waals surface area contributed by atoms with E-state index in [1.807, 2.05) is 36.1 Å². The van der Waals surface area contributed by atoms with Gasteiger partial charge >= 0.3 is 0 Å². The number of carbonyl (C=O) groups excluding carboxylic acids is 2. The minimum absolute atomic E-state index is 0.0206. The van der Waals surface area contributed by atoms with Gasteiger partial charge in [0.05, 0.1) is 10.6 Å². The van der Waals surface area contributed by atoms with Crippen LogP contribution in [-0.2, 0) is 9.59 Å². The summed E-state index contributed by atoms with van der Waals surface area (Å²) in [5, 5.41) is 0. The molecule has 1 spiro atoms. The smallest absolute Gasteiger partial charge is 0.238 e. The molecule has 2 amide bonds. The van der Waals surface area contributed by atoms with E-state index in [2.05, 4.69) is 0 Å². The molecule has 2 fully saturated rings. The summed E-state index contributed by atoms with van der Waals surface area (Å²) in [6.45, 7) is 3.36. The fourth-order valence-corrected chi connectivity index (χ4v) is 4.68. The fraction of sp³-hybridized carbons (Fsp3) is 0.500. The summed E-state index contributed by atoms with van der Waals surface area (Å²) in [4.78, 5) is 27.7. The maximum absolute atomic E-state index is 12.4. The number of carbonyl (C=O) groups is 2. The monoisotopic (exact) mass is 338 g/mol. The molecule has 6 heteroatoms. The van der Waals surface area contributed by atoms with Crippen molar-refractivity contribution in [3.63, 3.8) is 0 Å². The predicted octanol–water partition coefficient (Wildman–Crippen LogP) is 2.63. The number of likely N-dealkylation sites (tertiary alicyclic amines) is 1. The van der Waals surface area contributed by atoms with Crippen molar-refractivity contribution in [1.29, 1.82) is 0 Å². The predicted molar refractivity (Wildman–Crippen MR) is 90.4 cm³/mol. The lowest BCUT2D eigenvalue weighted by Crippen LogP contribution is -2.53. The van der Waals surface area contributed by atoms with Crippen LogP contribution in [-0.4, -0.2) is 46.3 Å². The third-order valence-corrected chi connectivity index (χ3v) is 6.17. The van der Waals surface area contributed by atoms with E-state index < -0.39 is 0 Å². The second kappa shape index (κ2) is 6.13. The SMILES string of the molecule is Cc1ccc(N2C(=O)CSC23CCN(C(=O)CCl)CC3)cc1. The lowest BCUT2D eigenvalue weighted by Gasteiger charge is -2.43. The molecule has 2 heterocycles. The topological polar surface area (TPSA) is 40.6 Å². The molecule has 1 aromatic rings. The number of hydrogen-bond acceptors (Lipinski definition) is 3. The lowest BCUT2D eigenvalue weighted by molar-refractivity contribution is -0.129. The Labute approximate surface area is 139 Å². The number of aryl methyl sites for hydroxylation is 1. The van der Waals surface area contributed by atoms with Crippen molar-refractivity contribution in [3.05, 3.63) is 29.8 Å². The maximum atomic E-state index is 12.4. The number of hydrogen-bond donors (Lipinski definition) is 0. The highest BCUT2D eigenvalue weighted by atomic mass is 35.5. The number of amides is 2. The van der Waals surface area contributed by atoms with E-state index in [0.29, 0.717) is 18.8 Å². The van der Waals surface area contributed by atoms with E-state index in [1.54, 1.807) is 16.7 Å². The molecule has 1 aromatic carbocycles. The van der Waals surface area contributed by atoms with E-state index in [1.165, 1.54) is 5.56 Å². The van der Waals surface area contributed by atoms with Gasteiger partial charge in [0.2, 0.25) is 11.8 Å². The van der Waals surface area contributed by atoms with Crippen LogP contribution in [0.3, 0.4) is 0 Å². The molecule has 2 aliphatic rings. The van der Waals surface area contributed by atoms with Crippen molar-refractivity contribution >= 4 is 40.9 Å². The summed E-state index contributed by atoms with van der Waals surface area (Å²) >= 11 is 7.35. The van der Waals surface area contributed by atoms with Crippen LogP contribution in [0, 0.1) is 6.92 Å². The van der Waals surface area contributed by atoms with Gasteiger partial charge in [-0.3, -0.25) is 14.5 Å². The second-order valence-corrected chi connectivity index (χ2v) is 7.42. The highest BCUT2D eigenvalue weighted by Crippen LogP contribution is 2.46. The number of rotatable bonds is 2. The van der Waals surface area contributed by atoms with Crippen LogP contribution in [0.2, 0.25) is 0 Å². The standard InChI is InChI=1S/C16H19ClN2O2S/c1-12-2-4-13(5-3-12)19-15(21)11-22-16(19)6-8-18(9-7-16)14(20)10-17/h2-5H,6-11H2,1H3. The van der Waals surface area contributed by atoms with Crippen LogP contribution in [0.4, 0.5) is 5.69 Å². The molecule has 0 aliphatic carbocycles. The van der Waals surface area contributed by atoms with Gasteiger partial charge in [-0.1, -0.05) is 17.7 Å². The Balaban J connectivity index is 1.82. The Morgan fingerprint density at radius 2 is 1.91 bits per heavy atom. The molecule has 0 radical (unpaired) electrons. The molecule has 22 heavy (non-hydrogen) atoms. The third kappa shape index (κ3) is 2.72. The number of alkyl halides is 1. The van der Waals surface area contributed by atoms with Gasteiger partial charge in [-0.05, 0) is 31.9 Å². The first-order valence-corrected chi connectivity index (χ1v) is 8.95. The Kier molecular flexibility index (Phi) is 4.37. The number of nitrogens with zero attached hydrogens (tertiary/aromatic N) is 2. The van der Waals surface area contributed by atoms with Gasteiger partial charge in [0.25, 0.3) is 0 Å². The molecular formula is C16H19ClN2O2S. The summed E-state index contributed by atoms with van der Waals surface area (Å²) < 4.78 is 0. The normalized spacial score (nSPS) is 20.7. The first-order valence-electron chi connectivity index (χ1n) is 7.43. The Morgan fingerprint density at radius 3 is 2.50 bits per heavy atom. The van der Waals surface area contributed by atoms with Crippen LogP contribution in [0.15, 0.2) is 24.3 Å². The zero-order valence-electron chi connectivity index (χ0n) is 12.5. The quantitative estimate of drug-likeness (QED) is 0.778. The van der Waals surface area contributed by atoms with Gasteiger partial charge in [-0.2, -0.15) is 0 Å². The minimum Gasteiger partial charge on any atom is -0.341 e. The van der Waals surface area contributed by atoms with Crippen LogP contribution in [0.1, 0.15) is 18.4 Å². The van der Waals surface area contributed by atoms with Gasteiger partial charge in [0.1, 0.15) is 5.88 Å². The van der Waals surface area contributed by atoms with Crippen LogP contribution < -0.4 is 4.90 Å². The van der Waals surface area contributed by atoms with Crippen molar-refractivity contribution in [2.75, 3.05) is 29.6 Å². The Hall–Kier alpha value is -1.20. The minimum atomic E-state index is -0.213. The molecule has 3 rings (SSSR count). The maximum Gasteiger partial charge on any atom is 0.238 e. The summed E-state index contributed by atoms with van der Waals surface area (Å²) in [6.07, 6.45) is 1.58. The Bertz CT molecular complexity index is 582. The van der Waals surface area contributed by atoms with Gasteiger partial charge < -0.3 is 4.90 Å². The number of piperidine rings is 1. The highest BCUT2D eigenvalue weighted by molar-refractivity contribution is 8.02. The second-order valence-electron chi connectivity index (χ2n) is 5.81. The van der Waals surface area contributed by atoms with Gasteiger partial charge in [-0.15, -0.1) is 23.4 Å². The molecule has 4 nitrogen and oxygen atoms in total. The number of benzene rings is 1. The fourth-order valence-electron chi connectivity index (χ4n) is 3.18. The molecule has 0 N–H and O–H groups in total. The van der Waals surface area contributed by atoms with Crippen molar-refractivity contribution in [2.45, 2.75) is 24.6 Å². The van der Waals surface area contributed by atoms with Crippen molar-refractivity contribution < 1.29 is 9.59 Å². The summed E-state index contributed by atoms with van der Waals surface area (Å²) in [5.41, 5.74) is 2.14. The van der Waals surface area contributed by atoms with Crippen LogP contribution in [0.25, 0.3) is 0 Å². The van der Waals surface area contributed by atoms with Crippen LogP contribution in [0.5, 0.6) is 0 Å².